The van der Waals surface area contributed by atoms with Gasteiger partial charge in [-0.1, -0.05) is 35.9 Å². The van der Waals surface area contributed by atoms with Gasteiger partial charge in [0.1, 0.15) is 11.6 Å². The van der Waals surface area contributed by atoms with Gasteiger partial charge in [0.05, 0.1) is 11.1 Å². The molecule has 1 saturated heterocycles. The summed E-state index contributed by atoms with van der Waals surface area (Å²) in [6.45, 7) is 5.58. The third-order valence-electron chi connectivity index (χ3n) is 5.72. The highest BCUT2D eigenvalue weighted by Crippen LogP contribution is 2.23. The van der Waals surface area contributed by atoms with Gasteiger partial charge in [-0.2, -0.15) is 0 Å². The van der Waals surface area contributed by atoms with Crippen molar-refractivity contribution in [2.24, 2.45) is 0 Å². The van der Waals surface area contributed by atoms with E-state index in [-0.39, 0.29) is 17.0 Å². The van der Waals surface area contributed by atoms with Crippen LogP contribution in [-0.4, -0.2) is 37.1 Å². The van der Waals surface area contributed by atoms with E-state index in [1.807, 2.05) is 43.5 Å². The first kappa shape index (κ1) is 22.8. The van der Waals surface area contributed by atoms with Crippen molar-refractivity contribution < 1.29 is 9.18 Å². The molecule has 1 fully saturated rings. The first-order valence-corrected chi connectivity index (χ1v) is 11.3. The lowest BCUT2D eigenvalue weighted by Gasteiger charge is -2.37. The van der Waals surface area contributed by atoms with Crippen molar-refractivity contribution >= 4 is 35.1 Å². The highest BCUT2D eigenvalue weighted by atomic mass is 35.5. The number of carbonyl (C=O) groups excluding carboxylic acids is 1. The Morgan fingerprint density at radius 2 is 1.85 bits per heavy atom. The zero-order chi connectivity index (χ0) is 23.2. The van der Waals surface area contributed by atoms with Crippen molar-refractivity contribution in [1.29, 1.82) is 0 Å². The Hall–Kier alpha value is -3.38. The van der Waals surface area contributed by atoms with Gasteiger partial charge >= 0.3 is 0 Å². The Balaban J connectivity index is 1.35. The zero-order valence-corrected chi connectivity index (χ0v) is 19.2. The Kier molecular flexibility index (Phi) is 7.25. The predicted molar refractivity (Wildman–Crippen MR) is 132 cm³/mol. The van der Waals surface area contributed by atoms with Crippen LogP contribution in [0.5, 0.6) is 0 Å². The maximum Gasteiger partial charge on any atom is 0.244 e. The Bertz CT molecular complexity index is 1130. The lowest BCUT2D eigenvalue weighted by molar-refractivity contribution is -0.117. The molecule has 0 aliphatic carbocycles. The second kappa shape index (κ2) is 10.5. The summed E-state index contributed by atoms with van der Waals surface area (Å²) in [5.41, 5.74) is 2.76. The summed E-state index contributed by atoms with van der Waals surface area (Å²) in [4.78, 5) is 21.5. The number of halogens is 2. The monoisotopic (exact) mass is 464 g/mol. The molecule has 33 heavy (non-hydrogen) atoms. The number of pyridine rings is 1. The molecule has 3 aromatic rings. The molecule has 2 heterocycles. The number of benzene rings is 2. The Morgan fingerprint density at radius 1 is 1.06 bits per heavy atom. The molecule has 0 spiro atoms. The molecule has 1 aliphatic heterocycles. The first-order valence-electron chi connectivity index (χ1n) is 10.9. The summed E-state index contributed by atoms with van der Waals surface area (Å²) in [6, 6.07) is 18.2. The summed E-state index contributed by atoms with van der Waals surface area (Å²) < 4.78 is 13.2. The molecule has 1 aliphatic rings. The maximum atomic E-state index is 13.2. The van der Waals surface area contributed by atoms with E-state index < -0.39 is 5.82 Å². The van der Waals surface area contributed by atoms with Gasteiger partial charge in [0.25, 0.3) is 0 Å². The molecule has 4 rings (SSSR count). The maximum absolute atomic E-state index is 13.2. The van der Waals surface area contributed by atoms with Crippen LogP contribution in [0.25, 0.3) is 6.08 Å². The van der Waals surface area contributed by atoms with Gasteiger partial charge in [0.2, 0.25) is 5.91 Å². The Labute approximate surface area is 198 Å². The lowest BCUT2D eigenvalue weighted by atomic mass is 10.1. The molecule has 5 nitrogen and oxygen atoms in total. The number of hydrogen-bond donors (Lipinski definition) is 1. The molecular weight excluding hydrogens is 439 g/mol. The molecule has 1 atom stereocenters. The number of rotatable bonds is 6. The second-order valence-electron chi connectivity index (χ2n) is 7.99. The van der Waals surface area contributed by atoms with Crippen molar-refractivity contribution in [3.63, 3.8) is 0 Å². The average Bonchev–Trinajstić information content (AvgIpc) is 2.84. The van der Waals surface area contributed by atoms with Gasteiger partial charge in [-0.05, 0) is 60.5 Å². The van der Waals surface area contributed by atoms with Crippen LogP contribution >= 0.6 is 11.6 Å². The molecule has 1 aromatic heterocycles. The largest absolute Gasteiger partial charge is 0.368 e. The van der Waals surface area contributed by atoms with E-state index >= 15 is 0 Å². The van der Waals surface area contributed by atoms with E-state index in [0.717, 1.165) is 43.2 Å². The number of anilines is 2. The van der Waals surface area contributed by atoms with Crippen LogP contribution < -0.4 is 15.1 Å². The van der Waals surface area contributed by atoms with Crippen molar-refractivity contribution in [2.45, 2.75) is 13.0 Å². The van der Waals surface area contributed by atoms with Gasteiger partial charge in [-0.15, -0.1) is 0 Å². The summed E-state index contributed by atoms with van der Waals surface area (Å²) in [5, 5.41) is 3.24. The Morgan fingerprint density at radius 3 is 2.58 bits per heavy atom. The molecule has 170 valence electrons. The fourth-order valence-electron chi connectivity index (χ4n) is 3.87. The van der Waals surface area contributed by atoms with Gasteiger partial charge in [0.15, 0.2) is 0 Å². The van der Waals surface area contributed by atoms with Crippen LogP contribution in [0.15, 0.2) is 72.9 Å². The molecule has 1 amide bonds. The van der Waals surface area contributed by atoms with E-state index in [2.05, 4.69) is 32.2 Å². The predicted octanol–water partition coefficient (Wildman–Crippen LogP) is 5.09. The lowest BCUT2D eigenvalue weighted by Crippen LogP contribution is -2.46. The minimum atomic E-state index is -0.409. The number of nitrogens with zero attached hydrogens (tertiary/aromatic N) is 3. The third kappa shape index (κ3) is 5.90. The van der Waals surface area contributed by atoms with E-state index in [0.29, 0.717) is 5.56 Å². The van der Waals surface area contributed by atoms with Crippen molar-refractivity contribution in [1.82, 2.24) is 10.3 Å². The van der Waals surface area contributed by atoms with E-state index in [1.54, 1.807) is 12.1 Å². The molecule has 0 unspecified atom stereocenters. The molecule has 7 heteroatoms. The molecule has 0 bridgehead atoms. The van der Waals surface area contributed by atoms with Gasteiger partial charge in [-0.3, -0.25) is 4.79 Å². The molecule has 2 aromatic carbocycles. The zero-order valence-electron chi connectivity index (χ0n) is 18.4. The SMILES string of the molecule is C[C@H](NC(=O)/C=C/c1ccc(F)cc1Cl)c1cccc(N2CCN(c3ccccn3)CC2)c1. The molecular formula is C26H26ClFN4O. The van der Waals surface area contributed by atoms with Gasteiger partial charge in [-0.25, -0.2) is 9.37 Å². The molecule has 0 radical (unpaired) electrons. The third-order valence-corrected chi connectivity index (χ3v) is 6.05. The van der Waals surface area contributed by atoms with Crippen LogP contribution in [-0.2, 0) is 4.79 Å². The van der Waals surface area contributed by atoms with Crippen molar-refractivity contribution in [2.75, 3.05) is 36.0 Å². The smallest absolute Gasteiger partial charge is 0.244 e. The summed E-state index contributed by atoms with van der Waals surface area (Å²) in [7, 11) is 0. The van der Waals surface area contributed by atoms with Crippen LogP contribution in [0.3, 0.4) is 0 Å². The fourth-order valence-corrected chi connectivity index (χ4v) is 4.10. The summed E-state index contributed by atoms with van der Waals surface area (Å²) in [6.07, 6.45) is 4.82. The quantitative estimate of drug-likeness (QED) is 0.516. The number of hydrogen-bond acceptors (Lipinski definition) is 4. The molecule has 1 N–H and O–H groups in total. The first-order chi connectivity index (χ1) is 16.0. The van der Waals surface area contributed by atoms with Crippen molar-refractivity contribution in [3.05, 3.63) is 94.9 Å². The fraction of sp³-hybridized carbons (Fsp3) is 0.231. The van der Waals surface area contributed by atoms with Crippen LogP contribution in [0.2, 0.25) is 5.02 Å². The standard InChI is InChI=1S/C26H26ClFN4O/c1-19(30-26(33)11-9-20-8-10-22(28)18-24(20)27)21-5-4-6-23(17-21)31-13-15-32(16-14-31)25-7-2-3-12-29-25/h2-12,17-19H,13-16H2,1H3,(H,30,33)/b11-9+/t19-/m0/s1. The van der Waals surface area contributed by atoms with Crippen LogP contribution in [0.1, 0.15) is 24.1 Å². The highest BCUT2D eigenvalue weighted by Gasteiger charge is 2.19. The highest BCUT2D eigenvalue weighted by molar-refractivity contribution is 6.32. The van der Waals surface area contributed by atoms with Gasteiger partial charge < -0.3 is 15.1 Å². The average molecular weight is 465 g/mol. The van der Waals surface area contributed by atoms with E-state index in [9.17, 15) is 9.18 Å². The number of amides is 1. The van der Waals surface area contributed by atoms with Crippen LogP contribution in [0, 0.1) is 5.82 Å². The number of piperazine rings is 1. The number of carbonyl (C=O) groups is 1. The van der Waals surface area contributed by atoms with E-state index in [1.165, 1.54) is 18.2 Å². The topological polar surface area (TPSA) is 48.5 Å². The molecule has 0 saturated carbocycles. The second-order valence-corrected chi connectivity index (χ2v) is 8.39. The minimum absolute atomic E-state index is 0.166. The summed E-state index contributed by atoms with van der Waals surface area (Å²) in [5.74, 6) is 0.364. The normalized spacial score (nSPS) is 15.0. The van der Waals surface area contributed by atoms with E-state index in [4.69, 9.17) is 11.6 Å². The number of nitrogens with one attached hydrogen (secondary N) is 1. The van der Waals surface area contributed by atoms with Crippen molar-refractivity contribution in [3.8, 4) is 0 Å². The minimum Gasteiger partial charge on any atom is -0.368 e. The summed E-state index contributed by atoms with van der Waals surface area (Å²) >= 11 is 6.02. The van der Waals surface area contributed by atoms with Gasteiger partial charge in [0, 0.05) is 44.1 Å². The van der Waals surface area contributed by atoms with Crippen LogP contribution in [0.4, 0.5) is 15.9 Å². The number of aromatic nitrogens is 1.